The Kier molecular flexibility index (Phi) is 4.25. The predicted molar refractivity (Wildman–Crippen MR) is 107 cm³/mol. The first kappa shape index (κ1) is 17.3. The summed E-state index contributed by atoms with van der Waals surface area (Å²) < 4.78 is 0. The molecule has 5 rings (SSSR count). The van der Waals surface area contributed by atoms with Crippen molar-refractivity contribution in [2.45, 2.75) is 55.6 Å². The Morgan fingerprint density at radius 1 is 1.04 bits per heavy atom. The molecule has 3 heteroatoms. The second kappa shape index (κ2) is 6.65. The Balaban J connectivity index is 1.32. The van der Waals surface area contributed by atoms with Crippen LogP contribution in [-0.2, 0) is 5.41 Å². The summed E-state index contributed by atoms with van der Waals surface area (Å²) in [7, 11) is 0. The number of hydrogen-bond donors (Lipinski definition) is 2. The Bertz CT molecular complexity index is 807. The molecule has 2 aliphatic carbocycles. The van der Waals surface area contributed by atoms with E-state index in [0.29, 0.717) is 11.7 Å². The van der Waals surface area contributed by atoms with Gasteiger partial charge in [0, 0.05) is 18.0 Å². The molecule has 1 aliphatic heterocycles. The van der Waals surface area contributed by atoms with E-state index in [-0.39, 0.29) is 17.6 Å². The number of piperidine rings is 1. The van der Waals surface area contributed by atoms with Crippen molar-refractivity contribution in [1.29, 1.82) is 0 Å². The minimum Gasteiger partial charge on any atom is -0.508 e. The van der Waals surface area contributed by atoms with Crippen LogP contribution in [0.4, 0.5) is 0 Å². The molecule has 3 nitrogen and oxygen atoms in total. The molecule has 1 heterocycles. The molecule has 2 saturated carbocycles. The second-order valence-electron chi connectivity index (χ2n) is 8.87. The average Bonchev–Trinajstić information content (AvgIpc) is 3.44. The van der Waals surface area contributed by atoms with Gasteiger partial charge in [0.2, 0.25) is 0 Å². The summed E-state index contributed by atoms with van der Waals surface area (Å²) >= 11 is 0. The first-order chi connectivity index (χ1) is 13.2. The molecule has 0 spiro atoms. The van der Waals surface area contributed by atoms with Gasteiger partial charge in [-0.3, -0.25) is 4.90 Å². The maximum absolute atomic E-state index is 11.3. The van der Waals surface area contributed by atoms with Crippen LogP contribution in [0.25, 0.3) is 0 Å². The van der Waals surface area contributed by atoms with E-state index in [9.17, 15) is 10.2 Å². The van der Waals surface area contributed by atoms with Crippen LogP contribution in [0.5, 0.6) is 5.75 Å². The van der Waals surface area contributed by atoms with Gasteiger partial charge in [0.25, 0.3) is 0 Å². The summed E-state index contributed by atoms with van der Waals surface area (Å²) in [4.78, 5) is 2.57. The second-order valence-corrected chi connectivity index (χ2v) is 8.87. The highest BCUT2D eigenvalue weighted by molar-refractivity contribution is 5.36. The van der Waals surface area contributed by atoms with E-state index in [0.717, 1.165) is 50.3 Å². The molecule has 2 aromatic rings. The number of hydrogen-bond acceptors (Lipinski definition) is 3. The Morgan fingerprint density at radius 2 is 1.89 bits per heavy atom. The van der Waals surface area contributed by atoms with E-state index >= 15 is 0 Å². The van der Waals surface area contributed by atoms with Crippen LogP contribution in [0.1, 0.15) is 49.1 Å². The molecule has 0 radical (unpaired) electrons. The predicted octanol–water partition coefficient (Wildman–Crippen LogP) is 4.05. The van der Waals surface area contributed by atoms with E-state index in [4.69, 9.17) is 0 Å². The van der Waals surface area contributed by atoms with E-state index in [1.54, 1.807) is 6.07 Å². The van der Waals surface area contributed by atoms with Crippen LogP contribution in [0.15, 0.2) is 54.6 Å². The fourth-order valence-corrected chi connectivity index (χ4v) is 5.83. The highest BCUT2D eigenvalue weighted by atomic mass is 16.3. The highest BCUT2D eigenvalue weighted by Gasteiger charge is 2.52. The summed E-state index contributed by atoms with van der Waals surface area (Å²) in [5.41, 5.74) is 2.41. The number of aliphatic hydroxyl groups is 1. The molecule has 0 amide bonds. The first-order valence-electron chi connectivity index (χ1n) is 10.4. The zero-order valence-electron chi connectivity index (χ0n) is 15.8. The van der Waals surface area contributed by atoms with Gasteiger partial charge in [-0.05, 0) is 67.3 Å². The number of benzene rings is 2. The first-order valence-corrected chi connectivity index (χ1v) is 10.4. The van der Waals surface area contributed by atoms with Crippen LogP contribution in [0.3, 0.4) is 0 Å². The number of likely N-dealkylation sites (tertiary alicyclic amines) is 1. The molecule has 2 N–H and O–H groups in total. The Morgan fingerprint density at radius 3 is 2.70 bits per heavy atom. The molecule has 0 aromatic heterocycles. The lowest BCUT2D eigenvalue weighted by Gasteiger charge is -2.54. The summed E-state index contributed by atoms with van der Waals surface area (Å²) in [6.07, 6.45) is 5.19. The zero-order valence-corrected chi connectivity index (χ0v) is 15.8. The highest BCUT2D eigenvalue weighted by Crippen LogP contribution is 2.51. The van der Waals surface area contributed by atoms with Gasteiger partial charge in [-0.2, -0.15) is 0 Å². The number of fused-ring (bicyclic) bond motifs is 2. The Labute approximate surface area is 161 Å². The molecular formula is C24H29NO2. The summed E-state index contributed by atoms with van der Waals surface area (Å²) in [5.74, 6) is 1.74. The maximum atomic E-state index is 11.3. The topological polar surface area (TPSA) is 43.7 Å². The lowest BCUT2D eigenvalue weighted by molar-refractivity contribution is -0.0779. The molecule has 3 aliphatic rings. The van der Waals surface area contributed by atoms with Gasteiger partial charge in [0.1, 0.15) is 5.75 Å². The Hall–Kier alpha value is -1.84. The number of rotatable bonds is 4. The van der Waals surface area contributed by atoms with Gasteiger partial charge >= 0.3 is 0 Å². The lowest BCUT2D eigenvalue weighted by Crippen LogP contribution is -2.62. The molecule has 2 bridgehead atoms. The molecular weight excluding hydrogens is 334 g/mol. The number of phenolic OH excluding ortho intramolecular Hbond substituents is 1. The number of phenols is 1. The molecule has 2 aromatic carbocycles. The quantitative estimate of drug-likeness (QED) is 0.861. The third kappa shape index (κ3) is 2.97. The van der Waals surface area contributed by atoms with Crippen molar-refractivity contribution in [2.75, 3.05) is 13.1 Å². The number of aromatic hydroxyl groups is 1. The van der Waals surface area contributed by atoms with Crippen LogP contribution in [0.2, 0.25) is 0 Å². The van der Waals surface area contributed by atoms with Crippen LogP contribution in [0, 0.1) is 5.92 Å². The van der Waals surface area contributed by atoms with E-state index in [2.05, 4.69) is 41.3 Å². The van der Waals surface area contributed by atoms with Crippen LogP contribution in [-0.4, -0.2) is 40.3 Å². The number of nitrogens with zero attached hydrogens (tertiary/aromatic N) is 1. The average molecular weight is 364 g/mol. The molecule has 142 valence electrons. The minimum atomic E-state index is -0.337. The molecule has 27 heavy (non-hydrogen) atoms. The van der Waals surface area contributed by atoms with Gasteiger partial charge < -0.3 is 10.2 Å². The van der Waals surface area contributed by atoms with Crippen molar-refractivity contribution in [2.24, 2.45) is 5.92 Å². The van der Waals surface area contributed by atoms with Crippen molar-refractivity contribution in [3.8, 4) is 5.75 Å². The normalized spacial score (nSPS) is 35.7. The summed E-state index contributed by atoms with van der Waals surface area (Å²) in [5, 5.41) is 21.3. The lowest BCUT2D eigenvalue weighted by atomic mass is 9.61. The maximum Gasteiger partial charge on any atom is 0.115 e. The van der Waals surface area contributed by atoms with Crippen molar-refractivity contribution in [3.05, 3.63) is 65.7 Å². The fraction of sp³-hybridized carbons (Fsp3) is 0.500. The molecule has 3 fully saturated rings. The van der Waals surface area contributed by atoms with Gasteiger partial charge in [0.15, 0.2) is 0 Å². The van der Waals surface area contributed by atoms with Crippen LogP contribution < -0.4 is 0 Å². The van der Waals surface area contributed by atoms with Crippen molar-refractivity contribution in [1.82, 2.24) is 4.90 Å². The van der Waals surface area contributed by atoms with Gasteiger partial charge in [0.05, 0.1) is 6.10 Å². The molecule has 5 atom stereocenters. The molecule has 0 unspecified atom stereocenters. The van der Waals surface area contributed by atoms with Gasteiger partial charge in [-0.1, -0.05) is 48.9 Å². The largest absolute Gasteiger partial charge is 0.508 e. The smallest absolute Gasteiger partial charge is 0.115 e. The zero-order chi connectivity index (χ0) is 18.4. The summed E-state index contributed by atoms with van der Waals surface area (Å²) in [6, 6.07) is 18.7. The third-order valence-corrected chi connectivity index (χ3v) is 7.41. The number of aliphatic hydroxyl groups excluding tert-OH is 1. The summed E-state index contributed by atoms with van der Waals surface area (Å²) in [6.45, 7) is 2.16. The van der Waals surface area contributed by atoms with Gasteiger partial charge in [-0.15, -0.1) is 0 Å². The minimum absolute atomic E-state index is 0.180. The van der Waals surface area contributed by atoms with Crippen LogP contribution >= 0.6 is 0 Å². The van der Waals surface area contributed by atoms with Crippen molar-refractivity contribution < 1.29 is 10.2 Å². The van der Waals surface area contributed by atoms with E-state index in [1.807, 2.05) is 12.1 Å². The van der Waals surface area contributed by atoms with Gasteiger partial charge in [-0.25, -0.2) is 0 Å². The van der Waals surface area contributed by atoms with E-state index < -0.39 is 0 Å². The van der Waals surface area contributed by atoms with E-state index in [1.165, 1.54) is 12.0 Å². The fourth-order valence-electron chi connectivity index (χ4n) is 5.83. The SMILES string of the molecule is Oc1cccc([C@]23CCC[C@H]([C@@H]2O)N(C[C@@H]2C[C@H]2c2ccccc2)CC3)c1. The standard InChI is InChI=1S/C24H29NO2/c26-20-9-4-8-19(15-20)24-11-5-10-22(23(24)27)25(13-12-24)16-18-14-21(18)17-6-2-1-3-7-17/h1-4,6-9,15,18,21-23,26-27H,5,10-14,16H2/t18-,21-,22+,23-,24+/m0/s1. The van der Waals surface area contributed by atoms with Crippen molar-refractivity contribution >= 4 is 0 Å². The monoisotopic (exact) mass is 363 g/mol. The third-order valence-electron chi connectivity index (χ3n) is 7.41. The van der Waals surface area contributed by atoms with Crippen molar-refractivity contribution in [3.63, 3.8) is 0 Å². The molecule has 1 saturated heterocycles.